The van der Waals surface area contributed by atoms with Gasteiger partial charge < -0.3 is 4.90 Å². The van der Waals surface area contributed by atoms with Crippen LogP contribution in [-0.4, -0.2) is 0 Å². The van der Waals surface area contributed by atoms with Gasteiger partial charge in [0.25, 0.3) is 0 Å². The Kier molecular flexibility index (Phi) is 3.73. The second-order valence-corrected chi connectivity index (χ2v) is 7.24. The lowest BCUT2D eigenvalue weighted by Gasteiger charge is -2.26. The molecule has 0 fully saturated rings. The highest BCUT2D eigenvalue weighted by Gasteiger charge is 2.38. The van der Waals surface area contributed by atoms with E-state index in [0.29, 0.717) is 0 Å². The van der Waals surface area contributed by atoms with Crippen LogP contribution in [0, 0.1) is 0 Å². The molecular weight excluding hydrogens is 302 g/mol. The molecule has 0 unspecified atom stereocenters. The van der Waals surface area contributed by atoms with E-state index in [1.807, 2.05) is 0 Å². The molecule has 0 spiro atoms. The van der Waals surface area contributed by atoms with Crippen molar-refractivity contribution in [1.82, 2.24) is 0 Å². The standard InChI is InChI=1S/C24H23N/c1-18-24(2,3)22-11-7-8-12-23(22)25(18)17-19-13-15-21(16-14-19)20-9-5-4-6-10-20/h4-16H,1,17H2,2-3H3. The minimum atomic E-state index is -0.0133. The number of allylic oxidation sites excluding steroid dienone is 1. The van der Waals surface area contributed by atoms with Crippen LogP contribution in [0.5, 0.6) is 0 Å². The quantitative estimate of drug-likeness (QED) is 0.557. The van der Waals surface area contributed by atoms with E-state index in [1.54, 1.807) is 0 Å². The van der Waals surface area contributed by atoms with Gasteiger partial charge in [-0.3, -0.25) is 0 Å². The zero-order valence-corrected chi connectivity index (χ0v) is 14.9. The number of hydrogen-bond acceptors (Lipinski definition) is 1. The lowest BCUT2D eigenvalue weighted by Crippen LogP contribution is -2.24. The minimum Gasteiger partial charge on any atom is -0.340 e. The van der Waals surface area contributed by atoms with Crippen LogP contribution in [0.15, 0.2) is 91.1 Å². The first kappa shape index (κ1) is 15.7. The second-order valence-electron chi connectivity index (χ2n) is 7.24. The largest absolute Gasteiger partial charge is 0.340 e. The van der Waals surface area contributed by atoms with Gasteiger partial charge in [0, 0.05) is 23.3 Å². The zero-order valence-electron chi connectivity index (χ0n) is 14.9. The van der Waals surface area contributed by atoms with Gasteiger partial charge in [-0.2, -0.15) is 0 Å². The van der Waals surface area contributed by atoms with Crippen LogP contribution in [0.1, 0.15) is 25.0 Å². The first-order valence-electron chi connectivity index (χ1n) is 8.78. The van der Waals surface area contributed by atoms with E-state index >= 15 is 0 Å². The molecule has 1 nitrogen and oxygen atoms in total. The van der Waals surface area contributed by atoms with Crippen molar-refractivity contribution in [3.63, 3.8) is 0 Å². The topological polar surface area (TPSA) is 3.24 Å². The zero-order chi connectivity index (χ0) is 17.4. The molecular formula is C24H23N. The summed E-state index contributed by atoms with van der Waals surface area (Å²) < 4.78 is 0. The van der Waals surface area contributed by atoms with Gasteiger partial charge in [-0.15, -0.1) is 0 Å². The Morgan fingerprint density at radius 1 is 0.760 bits per heavy atom. The third-order valence-electron chi connectivity index (χ3n) is 5.32. The Balaban J connectivity index is 1.62. The van der Waals surface area contributed by atoms with Crippen molar-refractivity contribution in [2.45, 2.75) is 25.8 Å². The van der Waals surface area contributed by atoms with Crippen LogP contribution < -0.4 is 4.90 Å². The predicted octanol–water partition coefficient (Wildman–Crippen LogP) is 6.17. The molecule has 0 aliphatic carbocycles. The summed E-state index contributed by atoms with van der Waals surface area (Å²) in [5.74, 6) is 0. The van der Waals surface area contributed by atoms with Crippen LogP contribution >= 0.6 is 0 Å². The molecule has 0 aromatic heterocycles. The Bertz CT molecular complexity index is 904. The SMILES string of the molecule is C=C1N(Cc2ccc(-c3ccccc3)cc2)c2ccccc2C1(C)C. The molecule has 4 rings (SSSR count). The monoisotopic (exact) mass is 325 g/mol. The molecule has 0 atom stereocenters. The van der Waals surface area contributed by atoms with Gasteiger partial charge in [-0.05, 0) is 28.3 Å². The van der Waals surface area contributed by atoms with E-state index in [9.17, 15) is 0 Å². The van der Waals surface area contributed by atoms with E-state index in [4.69, 9.17) is 0 Å². The third kappa shape index (κ3) is 2.66. The number of para-hydroxylation sites is 1. The fourth-order valence-corrected chi connectivity index (χ4v) is 3.67. The number of fused-ring (bicyclic) bond motifs is 1. The maximum atomic E-state index is 4.39. The van der Waals surface area contributed by atoms with Gasteiger partial charge in [-0.25, -0.2) is 0 Å². The van der Waals surface area contributed by atoms with E-state index < -0.39 is 0 Å². The summed E-state index contributed by atoms with van der Waals surface area (Å²) in [6.45, 7) is 9.76. The van der Waals surface area contributed by atoms with Crippen molar-refractivity contribution in [2.75, 3.05) is 4.90 Å². The smallest absolute Gasteiger partial charge is 0.0478 e. The van der Waals surface area contributed by atoms with E-state index in [-0.39, 0.29) is 5.41 Å². The minimum absolute atomic E-state index is 0.0133. The molecule has 0 radical (unpaired) electrons. The average molecular weight is 325 g/mol. The Hall–Kier alpha value is -2.80. The van der Waals surface area contributed by atoms with Crippen LogP contribution in [0.25, 0.3) is 11.1 Å². The molecule has 25 heavy (non-hydrogen) atoms. The Morgan fingerprint density at radius 2 is 1.36 bits per heavy atom. The molecule has 0 bridgehead atoms. The molecule has 3 aromatic rings. The first-order valence-corrected chi connectivity index (χ1v) is 8.78. The van der Waals surface area contributed by atoms with Gasteiger partial charge in [0.1, 0.15) is 0 Å². The fourth-order valence-electron chi connectivity index (χ4n) is 3.67. The van der Waals surface area contributed by atoms with E-state index in [2.05, 4.69) is 104 Å². The lowest BCUT2D eigenvalue weighted by atomic mass is 9.84. The molecule has 0 N–H and O–H groups in total. The van der Waals surface area contributed by atoms with Crippen LogP contribution in [-0.2, 0) is 12.0 Å². The van der Waals surface area contributed by atoms with Crippen LogP contribution in [0.2, 0.25) is 0 Å². The first-order chi connectivity index (χ1) is 12.1. The Labute approximate surface area is 150 Å². The maximum absolute atomic E-state index is 4.39. The summed E-state index contributed by atoms with van der Waals surface area (Å²) in [6.07, 6.45) is 0. The highest BCUT2D eigenvalue weighted by atomic mass is 15.2. The number of hydrogen-bond donors (Lipinski definition) is 0. The Morgan fingerprint density at radius 3 is 2.08 bits per heavy atom. The second kappa shape index (κ2) is 5.93. The van der Waals surface area contributed by atoms with Gasteiger partial charge in [-0.1, -0.05) is 93.2 Å². The number of nitrogens with zero attached hydrogens (tertiary/aromatic N) is 1. The molecule has 3 aromatic carbocycles. The highest BCUT2D eigenvalue weighted by molar-refractivity contribution is 5.70. The fraction of sp³-hybridized carbons (Fsp3) is 0.167. The van der Waals surface area contributed by atoms with Crippen molar-refractivity contribution in [3.8, 4) is 11.1 Å². The molecule has 1 aliphatic rings. The summed E-state index contributed by atoms with van der Waals surface area (Å²) in [6, 6.07) is 28.0. The molecule has 124 valence electrons. The molecule has 1 heterocycles. The molecule has 0 amide bonds. The van der Waals surface area contributed by atoms with Crippen LogP contribution in [0.4, 0.5) is 5.69 Å². The highest BCUT2D eigenvalue weighted by Crippen LogP contribution is 2.47. The summed E-state index contributed by atoms with van der Waals surface area (Å²) in [5.41, 5.74) is 7.61. The lowest BCUT2D eigenvalue weighted by molar-refractivity contribution is 0.633. The summed E-state index contributed by atoms with van der Waals surface area (Å²) in [4.78, 5) is 2.35. The van der Waals surface area contributed by atoms with Crippen molar-refractivity contribution >= 4 is 5.69 Å². The average Bonchev–Trinajstić information content (AvgIpc) is 2.84. The molecule has 1 aliphatic heterocycles. The van der Waals surface area contributed by atoms with Crippen molar-refractivity contribution in [3.05, 3.63) is 102 Å². The summed E-state index contributed by atoms with van der Waals surface area (Å²) >= 11 is 0. The third-order valence-corrected chi connectivity index (χ3v) is 5.32. The predicted molar refractivity (Wildman–Crippen MR) is 107 cm³/mol. The van der Waals surface area contributed by atoms with E-state index in [1.165, 1.54) is 33.6 Å². The summed E-state index contributed by atoms with van der Waals surface area (Å²) in [5, 5.41) is 0. The molecule has 0 saturated carbocycles. The number of anilines is 1. The van der Waals surface area contributed by atoms with Gasteiger partial charge in [0.05, 0.1) is 0 Å². The van der Waals surface area contributed by atoms with Crippen molar-refractivity contribution in [1.29, 1.82) is 0 Å². The normalized spacial score (nSPS) is 15.3. The maximum Gasteiger partial charge on any atom is 0.0478 e. The molecule has 0 saturated heterocycles. The summed E-state index contributed by atoms with van der Waals surface area (Å²) in [7, 11) is 0. The molecule has 1 heteroatoms. The van der Waals surface area contributed by atoms with Gasteiger partial charge in [0.15, 0.2) is 0 Å². The van der Waals surface area contributed by atoms with Crippen LogP contribution in [0.3, 0.4) is 0 Å². The van der Waals surface area contributed by atoms with E-state index in [0.717, 1.165) is 6.54 Å². The number of benzene rings is 3. The van der Waals surface area contributed by atoms with Gasteiger partial charge >= 0.3 is 0 Å². The van der Waals surface area contributed by atoms with Gasteiger partial charge in [0.2, 0.25) is 0 Å². The van der Waals surface area contributed by atoms with Crippen molar-refractivity contribution < 1.29 is 0 Å². The van der Waals surface area contributed by atoms with Crippen molar-refractivity contribution in [2.24, 2.45) is 0 Å². The number of rotatable bonds is 3.